The lowest BCUT2D eigenvalue weighted by atomic mass is 9.93. The minimum atomic E-state index is -0.344. The number of nitro benzene ring substituents is 1. The summed E-state index contributed by atoms with van der Waals surface area (Å²) in [6.45, 7) is 0. The lowest BCUT2D eigenvalue weighted by Gasteiger charge is -2.11. The molecule has 0 aliphatic rings. The van der Waals surface area contributed by atoms with E-state index in [0.29, 0.717) is 0 Å². The van der Waals surface area contributed by atoms with E-state index in [0.717, 1.165) is 32.7 Å². The van der Waals surface area contributed by atoms with Crippen LogP contribution in [0.5, 0.6) is 0 Å². The molecule has 0 unspecified atom stereocenters. The number of rotatable bonds is 2. The summed E-state index contributed by atoms with van der Waals surface area (Å²) in [4.78, 5) is 10.8. The molecule has 0 fully saturated rings. The van der Waals surface area contributed by atoms with Crippen molar-refractivity contribution in [1.82, 2.24) is 0 Å². The maximum Gasteiger partial charge on any atom is 0.270 e. The van der Waals surface area contributed by atoms with Crippen LogP contribution in [0, 0.1) is 10.1 Å². The van der Waals surface area contributed by atoms with E-state index in [1.165, 1.54) is 0 Å². The van der Waals surface area contributed by atoms with Crippen molar-refractivity contribution in [2.24, 2.45) is 0 Å². The number of benzene rings is 4. The van der Waals surface area contributed by atoms with Crippen LogP contribution in [0.4, 0.5) is 5.69 Å². The Kier molecular flexibility index (Phi) is 3.05. The summed E-state index contributed by atoms with van der Waals surface area (Å²) in [6.07, 6.45) is 0. The van der Waals surface area contributed by atoms with Gasteiger partial charge in [-0.1, -0.05) is 54.6 Å². The number of nitro groups is 1. The molecule has 0 N–H and O–H groups in total. The first kappa shape index (κ1) is 13.5. The van der Waals surface area contributed by atoms with Crippen molar-refractivity contribution >= 4 is 27.2 Å². The summed E-state index contributed by atoms with van der Waals surface area (Å²) >= 11 is 0. The number of hydrogen-bond donors (Lipinski definition) is 0. The van der Waals surface area contributed by atoms with E-state index in [1.807, 2.05) is 48.5 Å². The van der Waals surface area contributed by atoms with Crippen LogP contribution in [0.3, 0.4) is 0 Å². The summed E-state index contributed by atoms with van der Waals surface area (Å²) in [5.74, 6) is 0. The molecule has 4 rings (SSSR count). The summed E-state index contributed by atoms with van der Waals surface area (Å²) in [7, 11) is 0. The first-order valence-electron chi connectivity index (χ1n) is 7.39. The molecule has 0 spiro atoms. The van der Waals surface area contributed by atoms with Gasteiger partial charge in [0.25, 0.3) is 5.69 Å². The quantitative estimate of drug-likeness (QED) is 0.276. The highest BCUT2D eigenvalue weighted by atomic mass is 16.6. The molecule has 4 aromatic rings. The zero-order valence-electron chi connectivity index (χ0n) is 12.3. The Bertz CT molecular complexity index is 1040. The molecule has 110 valence electrons. The molecular weight excluding hydrogens is 286 g/mol. The maximum absolute atomic E-state index is 11.2. The minimum absolute atomic E-state index is 0.116. The Morgan fingerprint density at radius 1 is 0.696 bits per heavy atom. The predicted octanol–water partition coefficient (Wildman–Crippen LogP) is 5.57. The largest absolute Gasteiger partial charge is 0.270 e. The van der Waals surface area contributed by atoms with Crippen molar-refractivity contribution in [2.45, 2.75) is 0 Å². The Labute approximate surface area is 133 Å². The van der Waals surface area contributed by atoms with Gasteiger partial charge < -0.3 is 0 Å². The number of hydrogen-bond acceptors (Lipinski definition) is 2. The third-order valence-electron chi connectivity index (χ3n) is 4.14. The molecule has 0 aliphatic heterocycles. The highest BCUT2D eigenvalue weighted by Crippen LogP contribution is 2.36. The zero-order chi connectivity index (χ0) is 15.8. The van der Waals surface area contributed by atoms with Crippen LogP contribution in [0.15, 0.2) is 78.9 Å². The first-order chi connectivity index (χ1) is 11.2. The van der Waals surface area contributed by atoms with Gasteiger partial charge in [-0.2, -0.15) is 0 Å². The van der Waals surface area contributed by atoms with E-state index in [-0.39, 0.29) is 10.6 Å². The highest BCUT2D eigenvalue weighted by Gasteiger charge is 2.12. The van der Waals surface area contributed by atoms with Gasteiger partial charge in [0.1, 0.15) is 0 Å². The summed E-state index contributed by atoms with van der Waals surface area (Å²) in [6, 6.07) is 25.3. The second-order valence-corrected chi connectivity index (χ2v) is 5.50. The molecule has 0 saturated carbocycles. The molecule has 23 heavy (non-hydrogen) atoms. The molecular formula is C20H13NO2. The second kappa shape index (κ2) is 5.21. The number of nitrogens with zero attached hydrogens (tertiary/aromatic N) is 1. The molecule has 0 aromatic heterocycles. The Hall–Kier alpha value is -3.20. The van der Waals surface area contributed by atoms with Crippen molar-refractivity contribution < 1.29 is 4.92 Å². The molecule has 0 radical (unpaired) electrons. The molecule has 0 heterocycles. The Morgan fingerprint density at radius 2 is 1.43 bits per heavy atom. The average Bonchev–Trinajstić information content (AvgIpc) is 2.61. The fourth-order valence-corrected chi connectivity index (χ4v) is 3.06. The molecule has 0 saturated heterocycles. The van der Waals surface area contributed by atoms with Crippen LogP contribution in [0.25, 0.3) is 32.7 Å². The summed E-state index contributed by atoms with van der Waals surface area (Å²) < 4.78 is 0. The third-order valence-corrected chi connectivity index (χ3v) is 4.14. The second-order valence-electron chi connectivity index (χ2n) is 5.50. The summed E-state index contributed by atoms with van der Waals surface area (Å²) in [5.41, 5.74) is 2.19. The van der Waals surface area contributed by atoms with Crippen molar-refractivity contribution in [1.29, 1.82) is 0 Å². The lowest BCUT2D eigenvalue weighted by molar-refractivity contribution is -0.384. The monoisotopic (exact) mass is 299 g/mol. The fraction of sp³-hybridized carbons (Fsp3) is 0. The van der Waals surface area contributed by atoms with Crippen LogP contribution in [-0.2, 0) is 0 Å². The van der Waals surface area contributed by atoms with Gasteiger partial charge in [-0.3, -0.25) is 10.1 Å². The predicted molar refractivity (Wildman–Crippen MR) is 93.5 cm³/mol. The fourth-order valence-electron chi connectivity index (χ4n) is 3.06. The van der Waals surface area contributed by atoms with Gasteiger partial charge in [-0.25, -0.2) is 0 Å². The van der Waals surface area contributed by atoms with Gasteiger partial charge >= 0.3 is 0 Å². The zero-order valence-corrected chi connectivity index (χ0v) is 12.3. The van der Waals surface area contributed by atoms with Crippen LogP contribution in [0.2, 0.25) is 0 Å². The van der Waals surface area contributed by atoms with E-state index in [9.17, 15) is 10.1 Å². The molecule has 4 aromatic carbocycles. The summed E-state index contributed by atoms with van der Waals surface area (Å²) in [5, 5.41) is 15.3. The highest BCUT2D eigenvalue weighted by molar-refractivity contribution is 6.14. The van der Waals surface area contributed by atoms with Crippen molar-refractivity contribution in [3.63, 3.8) is 0 Å². The first-order valence-corrected chi connectivity index (χ1v) is 7.39. The molecule has 0 atom stereocenters. The minimum Gasteiger partial charge on any atom is -0.258 e. The van der Waals surface area contributed by atoms with Crippen LogP contribution < -0.4 is 0 Å². The van der Waals surface area contributed by atoms with E-state index in [4.69, 9.17) is 0 Å². The van der Waals surface area contributed by atoms with Crippen LogP contribution >= 0.6 is 0 Å². The van der Waals surface area contributed by atoms with Gasteiger partial charge in [0.05, 0.1) is 4.92 Å². The maximum atomic E-state index is 11.2. The Balaban J connectivity index is 2.17. The van der Waals surface area contributed by atoms with E-state index >= 15 is 0 Å². The van der Waals surface area contributed by atoms with Gasteiger partial charge in [0.2, 0.25) is 0 Å². The van der Waals surface area contributed by atoms with Gasteiger partial charge in [-0.05, 0) is 44.8 Å². The van der Waals surface area contributed by atoms with Gasteiger partial charge in [0.15, 0.2) is 0 Å². The van der Waals surface area contributed by atoms with E-state index in [2.05, 4.69) is 18.2 Å². The molecule has 3 nitrogen and oxygen atoms in total. The van der Waals surface area contributed by atoms with E-state index in [1.54, 1.807) is 12.1 Å². The molecule has 0 bridgehead atoms. The van der Waals surface area contributed by atoms with Crippen molar-refractivity contribution in [3.05, 3.63) is 89.0 Å². The Morgan fingerprint density at radius 3 is 2.22 bits per heavy atom. The average molecular weight is 299 g/mol. The smallest absolute Gasteiger partial charge is 0.258 e. The third kappa shape index (κ3) is 2.23. The molecule has 0 aliphatic carbocycles. The SMILES string of the molecule is O=[N+]([O-])c1ccc2c(c1)c(-c1ccccc1)cc1ccccc12. The molecule has 0 amide bonds. The van der Waals surface area contributed by atoms with Crippen LogP contribution in [-0.4, -0.2) is 4.92 Å². The van der Waals surface area contributed by atoms with Crippen LogP contribution in [0.1, 0.15) is 0 Å². The van der Waals surface area contributed by atoms with Gasteiger partial charge in [-0.15, -0.1) is 0 Å². The van der Waals surface area contributed by atoms with E-state index < -0.39 is 0 Å². The lowest BCUT2D eigenvalue weighted by Crippen LogP contribution is -1.90. The number of non-ortho nitro benzene ring substituents is 1. The van der Waals surface area contributed by atoms with Crippen molar-refractivity contribution in [3.8, 4) is 11.1 Å². The van der Waals surface area contributed by atoms with Crippen molar-refractivity contribution in [2.75, 3.05) is 0 Å². The number of fused-ring (bicyclic) bond motifs is 3. The normalized spacial score (nSPS) is 11.0. The molecule has 3 heteroatoms. The standard InChI is InChI=1S/C20H13NO2/c22-21(23)16-10-11-18-17-9-5-4-8-15(17)12-19(20(18)13-16)14-6-2-1-3-7-14/h1-13H. The van der Waals surface area contributed by atoms with Gasteiger partial charge in [0, 0.05) is 12.1 Å². The topological polar surface area (TPSA) is 43.1 Å².